The first kappa shape index (κ1) is 12.2. The van der Waals surface area contributed by atoms with Gasteiger partial charge in [-0.15, -0.1) is 0 Å². The number of nitrogens with zero attached hydrogens (tertiary/aromatic N) is 2. The van der Waals surface area contributed by atoms with E-state index in [9.17, 15) is 0 Å². The normalized spacial score (nSPS) is 13.8. The molecule has 2 N–H and O–H groups in total. The summed E-state index contributed by atoms with van der Waals surface area (Å²) in [4.78, 5) is 4.18. The molecule has 1 atom stereocenters. The second kappa shape index (κ2) is 5.31. The fourth-order valence-corrected chi connectivity index (χ4v) is 1.91. The van der Waals surface area contributed by atoms with Crippen LogP contribution in [0, 0.1) is 5.92 Å². The zero-order valence-electron chi connectivity index (χ0n) is 10.3. The Morgan fingerprint density at radius 3 is 2.53 bits per heavy atom. The second-order valence-electron chi connectivity index (χ2n) is 4.98. The Morgan fingerprint density at radius 2 is 2.00 bits per heavy atom. The Hall–Kier alpha value is -0.830. The fourth-order valence-electron chi connectivity index (χ4n) is 1.91. The van der Waals surface area contributed by atoms with Gasteiger partial charge in [-0.25, -0.2) is 4.98 Å². The molecule has 1 heterocycles. The monoisotopic (exact) mass is 209 g/mol. The summed E-state index contributed by atoms with van der Waals surface area (Å²) < 4.78 is 2.19. The Balaban J connectivity index is 2.60. The summed E-state index contributed by atoms with van der Waals surface area (Å²) >= 11 is 0. The highest BCUT2D eigenvalue weighted by Gasteiger charge is 2.11. The van der Waals surface area contributed by atoms with E-state index in [-0.39, 0.29) is 6.04 Å². The first-order valence-corrected chi connectivity index (χ1v) is 5.77. The van der Waals surface area contributed by atoms with Gasteiger partial charge in [-0.1, -0.05) is 13.8 Å². The van der Waals surface area contributed by atoms with Crippen LogP contribution in [0.4, 0.5) is 0 Å². The number of aromatic nitrogens is 2. The number of nitrogens with two attached hydrogens (primary N) is 1. The maximum atomic E-state index is 6.09. The van der Waals surface area contributed by atoms with Gasteiger partial charge in [0, 0.05) is 30.4 Å². The molecule has 86 valence electrons. The van der Waals surface area contributed by atoms with Gasteiger partial charge >= 0.3 is 0 Å². The third kappa shape index (κ3) is 3.67. The van der Waals surface area contributed by atoms with Gasteiger partial charge in [0.1, 0.15) is 0 Å². The zero-order chi connectivity index (χ0) is 11.4. The van der Waals surface area contributed by atoms with Gasteiger partial charge in [0.05, 0.1) is 6.33 Å². The molecule has 0 spiro atoms. The van der Waals surface area contributed by atoms with E-state index in [4.69, 9.17) is 5.73 Å². The largest absolute Gasteiger partial charge is 0.332 e. The summed E-state index contributed by atoms with van der Waals surface area (Å²) in [5.74, 6) is 0.662. The molecule has 0 saturated heterocycles. The van der Waals surface area contributed by atoms with Crippen molar-refractivity contribution >= 4 is 0 Å². The quantitative estimate of drug-likeness (QED) is 0.809. The van der Waals surface area contributed by atoms with Gasteiger partial charge in [0.15, 0.2) is 0 Å². The summed E-state index contributed by atoms with van der Waals surface area (Å²) in [7, 11) is 0. The third-order valence-corrected chi connectivity index (χ3v) is 2.55. The lowest BCUT2D eigenvalue weighted by molar-refractivity contribution is 0.475. The van der Waals surface area contributed by atoms with Crippen LogP contribution in [-0.4, -0.2) is 15.6 Å². The van der Waals surface area contributed by atoms with Crippen LogP contribution in [0.5, 0.6) is 0 Å². The van der Waals surface area contributed by atoms with Crippen LogP contribution in [0.15, 0.2) is 12.5 Å². The first-order valence-electron chi connectivity index (χ1n) is 5.77. The molecule has 1 rings (SSSR count). The minimum atomic E-state index is 0.249. The van der Waals surface area contributed by atoms with E-state index in [1.54, 1.807) is 0 Å². The maximum Gasteiger partial charge on any atom is 0.0950 e. The second-order valence-corrected chi connectivity index (χ2v) is 4.98. The molecule has 15 heavy (non-hydrogen) atoms. The van der Waals surface area contributed by atoms with E-state index in [0.717, 1.165) is 12.8 Å². The van der Waals surface area contributed by atoms with Crippen LogP contribution in [0.1, 0.15) is 45.9 Å². The average molecular weight is 209 g/mol. The van der Waals surface area contributed by atoms with E-state index in [2.05, 4.69) is 37.2 Å². The molecule has 0 amide bonds. The van der Waals surface area contributed by atoms with Crippen molar-refractivity contribution in [2.45, 2.75) is 52.6 Å². The summed E-state index contributed by atoms with van der Waals surface area (Å²) in [6.45, 7) is 8.75. The molecular weight excluding hydrogens is 186 g/mol. The highest BCUT2D eigenvalue weighted by atomic mass is 15.1. The number of imidazole rings is 1. The molecule has 0 aromatic carbocycles. The maximum absolute atomic E-state index is 6.09. The lowest BCUT2D eigenvalue weighted by atomic mass is 10.0. The third-order valence-electron chi connectivity index (χ3n) is 2.55. The molecule has 0 fully saturated rings. The molecular formula is C12H23N3. The number of hydrogen-bond donors (Lipinski definition) is 1. The van der Waals surface area contributed by atoms with Crippen LogP contribution in [0.3, 0.4) is 0 Å². The topological polar surface area (TPSA) is 43.8 Å². The van der Waals surface area contributed by atoms with Crippen LogP contribution in [-0.2, 0) is 6.42 Å². The van der Waals surface area contributed by atoms with Crippen molar-refractivity contribution in [2.24, 2.45) is 11.7 Å². The Labute approximate surface area is 92.7 Å². The molecule has 3 heteroatoms. The predicted molar refractivity (Wildman–Crippen MR) is 63.7 cm³/mol. The molecule has 1 aromatic heterocycles. The molecule has 3 nitrogen and oxygen atoms in total. The van der Waals surface area contributed by atoms with Gasteiger partial charge in [0.25, 0.3) is 0 Å². The van der Waals surface area contributed by atoms with E-state index in [1.165, 1.54) is 5.69 Å². The van der Waals surface area contributed by atoms with Gasteiger partial charge in [-0.05, 0) is 26.2 Å². The van der Waals surface area contributed by atoms with Crippen molar-refractivity contribution < 1.29 is 0 Å². The first-order chi connectivity index (χ1) is 7.00. The fraction of sp³-hybridized carbons (Fsp3) is 0.750. The van der Waals surface area contributed by atoms with Crippen molar-refractivity contribution in [3.05, 3.63) is 18.2 Å². The van der Waals surface area contributed by atoms with Crippen molar-refractivity contribution in [3.63, 3.8) is 0 Å². The van der Waals surface area contributed by atoms with Crippen molar-refractivity contribution in [2.75, 3.05) is 0 Å². The minimum Gasteiger partial charge on any atom is -0.332 e. The highest BCUT2D eigenvalue weighted by Crippen LogP contribution is 2.13. The summed E-state index contributed by atoms with van der Waals surface area (Å²) in [6, 6.07) is 0.716. The van der Waals surface area contributed by atoms with Crippen LogP contribution < -0.4 is 5.73 Å². The molecule has 0 radical (unpaired) electrons. The average Bonchev–Trinajstić information content (AvgIpc) is 2.50. The number of hydrogen-bond acceptors (Lipinski definition) is 2. The highest BCUT2D eigenvalue weighted by molar-refractivity contribution is 5.02. The number of rotatable bonds is 5. The van der Waals surface area contributed by atoms with Crippen molar-refractivity contribution in [3.8, 4) is 0 Å². The molecule has 0 aliphatic heterocycles. The van der Waals surface area contributed by atoms with Gasteiger partial charge in [-0.3, -0.25) is 0 Å². The van der Waals surface area contributed by atoms with Crippen LogP contribution in [0.25, 0.3) is 0 Å². The molecule has 0 aliphatic rings. The van der Waals surface area contributed by atoms with E-state index < -0.39 is 0 Å². The Bertz CT molecular complexity index is 289. The van der Waals surface area contributed by atoms with Crippen LogP contribution in [0.2, 0.25) is 0 Å². The zero-order valence-corrected chi connectivity index (χ0v) is 10.3. The van der Waals surface area contributed by atoms with E-state index >= 15 is 0 Å². The summed E-state index contributed by atoms with van der Waals surface area (Å²) in [5.41, 5.74) is 7.34. The Morgan fingerprint density at radius 1 is 1.33 bits per heavy atom. The smallest absolute Gasteiger partial charge is 0.0950 e. The molecule has 0 bridgehead atoms. The van der Waals surface area contributed by atoms with Gasteiger partial charge in [-0.2, -0.15) is 0 Å². The standard InChI is InChI=1S/C12H23N3/c1-9(2)5-11(13)6-12-7-14-8-15(12)10(3)4/h7-11H,5-6,13H2,1-4H3. The summed E-state index contributed by atoms with van der Waals surface area (Å²) in [5, 5.41) is 0. The molecule has 0 aliphatic carbocycles. The van der Waals surface area contributed by atoms with Gasteiger partial charge in [0.2, 0.25) is 0 Å². The molecule has 1 unspecified atom stereocenters. The molecule has 1 aromatic rings. The lowest BCUT2D eigenvalue weighted by Gasteiger charge is -2.17. The van der Waals surface area contributed by atoms with E-state index in [1.807, 2.05) is 12.5 Å². The minimum absolute atomic E-state index is 0.249. The molecule has 0 saturated carbocycles. The van der Waals surface area contributed by atoms with E-state index in [0.29, 0.717) is 12.0 Å². The van der Waals surface area contributed by atoms with Crippen molar-refractivity contribution in [1.29, 1.82) is 0 Å². The van der Waals surface area contributed by atoms with Gasteiger partial charge < -0.3 is 10.3 Å². The Kier molecular flexibility index (Phi) is 4.33. The predicted octanol–water partition coefficient (Wildman–Crippen LogP) is 2.38. The lowest BCUT2D eigenvalue weighted by Crippen LogP contribution is -2.26. The van der Waals surface area contributed by atoms with Crippen molar-refractivity contribution in [1.82, 2.24) is 9.55 Å². The summed E-state index contributed by atoms with van der Waals surface area (Å²) in [6.07, 6.45) is 5.82. The SMILES string of the molecule is CC(C)CC(N)Cc1cncn1C(C)C. The van der Waals surface area contributed by atoms with Crippen LogP contribution >= 0.6 is 0 Å².